The lowest BCUT2D eigenvalue weighted by molar-refractivity contribution is 0.0949. The van der Waals surface area contributed by atoms with Crippen LogP contribution in [0.5, 0.6) is 5.75 Å². The average molecular weight is 348 g/mol. The number of hydrogen-bond donors (Lipinski definition) is 2. The molecule has 0 aliphatic carbocycles. The van der Waals surface area contributed by atoms with Crippen molar-refractivity contribution in [2.45, 2.75) is 13.8 Å². The van der Waals surface area contributed by atoms with E-state index in [1.165, 1.54) is 0 Å². The molecule has 0 aliphatic rings. The molecule has 0 spiro atoms. The maximum Gasteiger partial charge on any atom is 0.289 e. The van der Waals surface area contributed by atoms with Crippen LogP contribution in [0.25, 0.3) is 11.3 Å². The van der Waals surface area contributed by atoms with Gasteiger partial charge in [0.1, 0.15) is 11.4 Å². The molecule has 0 saturated heterocycles. The van der Waals surface area contributed by atoms with Crippen molar-refractivity contribution in [1.29, 1.82) is 0 Å². The van der Waals surface area contributed by atoms with Gasteiger partial charge in [0, 0.05) is 11.1 Å². The number of benzene rings is 2. The first-order valence-corrected chi connectivity index (χ1v) is 8.35. The summed E-state index contributed by atoms with van der Waals surface area (Å²) in [7, 11) is 0. The van der Waals surface area contributed by atoms with Gasteiger partial charge in [-0.1, -0.05) is 30.3 Å². The van der Waals surface area contributed by atoms with E-state index in [4.69, 9.17) is 4.74 Å². The number of hydrazone groups is 1. The third kappa shape index (κ3) is 3.97. The van der Waals surface area contributed by atoms with Crippen LogP contribution in [0, 0.1) is 6.92 Å². The first kappa shape index (κ1) is 17.4. The molecule has 26 heavy (non-hydrogen) atoms. The molecular formula is C20H20N4O2. The molecule has 0 radical (unpaired) electrons. The highest BCUT2D eigenvalue weighted by Crippen LogP contribution is 2.25. The minimum Gasteiger partial charge on any atom is -0.494 e. The molecule has 0 saturated carbocycles. The molecular weight excluding hydrogens is 328 g/mol. The summed E-state index contributed by atoms with van der Waals surface area (Å²) in [6.07, 6.45) is 1.59. The highest BCUT2D eigenvalue weighted by atomic mass is 16.5. The van der Waals surface area contributed by atoms with E-state index in [1.54, 1.807) is 6.21 Å². The molecule has 1 amide bonds. The summed E-state index contributed by atoms with van der Waals surface area (Å²) in [6.45, 7) is 4.41. The molecule has 3 aromatic rings. The fourth-order valence-corrected chi connectivity index (χ4v) is 2.54. The predicted octanol–water partition coefficient (Wildman–Crippen LogP) is 3.55. The van der Waals surface area contributed by atoms with Crippen molar-refractivity contribution in [3.05, 3.63) is 71.4 Å². The quantitative estimate of drug-likeness (QED) is 0.528. The number of hydrogen-bond acceptors (Lipinski definition) is 4. The highest BCUT2D eigenvalue weighted by molar-refractivity contribution is 5.95. The van der Waals surface area contributed by atoms with E-state index in [0.717, 1.165) is 28.1 Å². The number of nitrogens with zero attached hydrogens (tertiary/aromatic N) is 2. The number of aromatic amines is 1. The van der Waals surface area contributed by atoms with Crippen molar-refractivity contribution < 1.29 is 9.53 Å². The van der Waals surface area contributed by atoms with E-state index in [1.807, 2.05) is 68.4 Å². The molecule has 1 heterocycles. The lowest BCUT2D eigenvalue weighted by atomic mass is 10.1. The molecule has 2 N–H and O–H groups in total. The summed E-state index contributed by atoms with van der Waals surface area (Å²) in [5.74, 6) is 0.469. The van der Waals surface area contributed by atoms with Crippen molar-refractivity contribution in [1.82, 2.24) is 15.6 Å². The monoisotopic (exact) mass is 348 g/mol. The number of amides is 1. The molecule has 3 rings (SSSR count). The molecule has 6 nitrogen and oxygen atoms in total. The average Bonchev–Trinajstić information content (AvgIpc) is 3.05. The Morgan fingerprint density at radius 2 is 1.92 bits per heavy atom. The van der Waals surface area contributed by atoms with Crippen LogP contribution in [0.2, 0.25) is 0 Å². The maximum absolute atomic E-state index is 12.3. The molecule has 0 atom stereocenters. The Labute approximate surface area is 151 Å². The normalized spacial score (nSPS) is 10.8. The summed E-state index contributed by atoms with van der Waals surface area (Å²) >= 11 is 0. The summed E-state index contributed by atoms with van der Waals surface area (Å²) in [5, 5.41) is 11.0. The van der Waals surface area contributed by atoms with Crippen molar-refractivity contribution >= 4 is 12.1 Å². The molecule has 0 unspecified atom stereocenters. The van der Waals surface area contributed by atoms with Gasteiger partial charge in [-0.25, -0.2) is 5.43 Å². The van der Waals surface area contributed by atoms with Crippen molar-refractivity contribution in [2.75, 3.05) is 6.61 Å². The Morgan fingerprint density at radius 1 is 1.19 bits per heavy atom. The van der Waals surface area contributed by atoms with E-state index in [-0.39, 0.29) is 5.91 Å². The van der Waals surface area contributed by atoms with Gasteiger partial charge >= 0.3 is 0 Å². The highest BCUT2D eigenvalue weighted by Gasteiger charge is 2.16. The van der Waals surface area contributed by atoms with Gasteiger partial charge in [-0.15, -0.1) is 0 Å². The first-order valence-electron chi connectivity index (χ1n) is 8.35. The van der Waals surface area contributed by atoms with Crippen LogP contribution in [-0.4, -0.2) is 28.9 Å². The largest absolute Gasteiger partial charge is 0.494 e. The fourth-order valence-electron chi connectivity index (χ4n) is 2.54. The molecule has 6 heteroatoms. The van der Waals surface area contributed by atoms with Gasteiger partial charge in [-0.3, -0.25) is 9.89 Å². The third-order valence-electron chi connectivity index (χ3n) is 3.85. The number of nitrogens with one attached hydrogen (secondary N) is 2. The molecule has 132 valence electrons. The van der Waals surface area contributed by atoms with Gasteiger partial charge in [-0.05, 0) is 43.7 Å². The second kappa shape index (κ2) is 8.11. The molecule has 0 bridgehead atoms. The Morgan fingerprint density at radius 3 is 2.62 bits per heavy atom. The zero-order chi connectivity index (χ0) is 18.4. The van der Waals surface area contributed by atoms with Crippen molar-refractivity contribution in [3.63, 3.8) is 0 Å². The lowest BCUT2D eigenvalue weighted by Crippen LogP contribution is -2.19. The maximum atomic E-state index is 12.3. The second-order valence-corrected chi connectivity index (χ2v) is 5.64. The third-order valence-corrected chi connectivity index (χ3v) is 3.85. The van der Waals surface area contributed by atoms with Crippen molar-refractivity contribution in [3.8, 4) is 17.0 Å². The van der Waals surface area contributed by atoms with Gasteiger partial charge in [-0.2, -0.15) is 10.2 Å². The minimum atomic E-state index is -0.334. The van der Waals surface area contributed by atoms with E-state index in [2.05, 4.69) is 20.7 Å². The molecule has 0 aliphatic heterocycles. The van der Waals surface area contributed by atoms with E-state index < -0.39 is 0 Å². The Bertz CT molecular complexity index is 899. The van der Waals surface area contributed by atoms with Crippen molar-refractivity contribution in [2.24, 2.45) is 5.10 Å². The summed E-state index contributed by atoms with van der Waals surface area (Å²) < 4.78 is 5.44. The van der Waals surface area contributed by atoms with Crippen LogP contribution in [-0.2, 0) is 0 Å². The zero-order valence-electron chi connectivity index (χ0n) is 14.7. The van der Waals surface area contributed by atoms with Gasteiger partial charge in [0.2, 0.25) is 0 Å². The number of H-pyrrole nitrogens is 1. The summed E-state index contributed by atoms with van der Waals surface area (Å²) in [6, 6.07) is 17.2. The van der Waals surface area contributed by atoms with Crippen LogP contribution >= 0.6 is 0 Å². The summed E-state index contributed by atoms with van der Waals surface area (Å²) in [5.41, 5.74) is 6.22. The topological polar surface area (TPSA) is 79.4 Å². The van der Waals surface area contributed by atoms with Crippen LogP contribution in [0.3, 0.4) is 0 Å². The minimum absolute atomic E-state index is 0.334. The van der Waals surface area contributed by atoms with Gasteiger partial charge < -0.3 is 4.74 Å². The van der Waals surface area contributed by atoms with Crippen LogP contribution < -0.4 is 10.2 Å². The summed E-state index contributed by atoms with van der Waals surface area (Å²) in [4.78, 5) is 12.3. The van der Waals surface area contributed by atoms with E-state index >= 15 is 0 Å². The van der Waals surface area contributed by atoms with Crippen LogP contribution in [0.1, 0.15) is 28.5 Å². The lowest BCUT2D eigenvalue weighted by Gasteiger charge is -2.04. The van der Waals surface area contributed by atoms with Gasteiger partial charge in [0.25, 0.3) is 5.91 Å². The van der Waals surface area contributed by atoms with E-state index in [0.29, 0.717) is 12.3 Å². The standard InChI is InChI=1S/C20H20N4O2/c1-3-26-17-11-9-16(10-12-17)18-14(2)19(23-22-18)20(25)24-21-13-15-7-5-4-6-8-15/h4-13H,3H2,1-2H3,(H,22,23)(H,24,25)/b21-13+. The molecule has 0 fully saturated rings. The fraction of sp³-hybridized carbons (Fsp3) is 0.150. The predicted molar refractivity (Wildman–Crippen MR) is 101 cm³/mol. The molecule has 2 aromatic carbocycles. The molecule has 1 aromatic heterocycles. The van der Waals surface area contributed by atoms with E-state index in [9.17, 15) is 4.79 Å². The Kier molecular flexibility index (Phi) is 5.43. The SMILES string of the molecule is CCOc1ccc(-c2n[nH]c(C(=O)N/N=C/c3ccccc3)c2C)cc1. The van der Waals surface area contributed by atoms with Gasteiger partial charge in [0.05, 0.1) is 18.5 Å². The van der Waals surface area contributed by atoms with Crippen LogP contribution in [0.4, 0.5) is 0 Å². The zero-order valence-corrected chi connectivity index (χ0v) is 14.7. The second-order valence-electron chi connectivity index (χ2n) is 5.64. The number of carbonyl (C=O) groups is 1. The number of aromatic nitrogens is 2. The Balaban J connectivity index is 1.71. The number of carbonyl (C=O) groups excluding carboxylic acids is 1. The first-order chi connectivity index (χ1) is 12.7. The smallest absolute Gasteiger partial charge is 0.289 e. The number of ether oxygens (including phenoxy) is 1. The number of rotatable bonds is 6. The van der Waals surface area contributed by atoms with Crippen LogP contribution in [0.15, 0.2) is 59.7 Å². The Hall–Kier alpha value is -3.41. The van der Waals surface area contributed by atoms with Gasteiger partial charge in [0.15, 0.2) is 0 Å².